The number of carbonyl (C=O) groups excluding carboxylic acids is 1. The predicted octanol–water partition coefficient (Wildman–Crippen LogP) is 4.82. The van der Waals surface area contributed by atoms with Crippen molar-refractivity contribution >= 4 is 44.8 Å². The van der Waals surface area contributed by atoms with Gasteiger partial charge in [0.25, 0.3) is 0 Å². The Morgan fingerprint density at radius 2 is 1.52 bits per heavy atom. The van der Waals surface area contributed by atoms with Gasteiger partial charge >= 0.3 is 0 Å². The average Bonchev–Trinajstić information content (AvgIpc) is 2.70. The van der Waals surface area contributed by atoms with E-state index in [0.717, 1.165) is 4.31 Å². The number of anilines is 1. The first-order chi connectivity index (χ1) is 13.9. The molecule has 0 saturated heterocycles. The largest absolute Gasteiger partial charge is 0.325 e. The molecule has 3 aromatic rings. The van der Waals surface area contributed by atoms with Gasteiger partial charge in [-0.1, -0.05) is 65.7 Å². The number of carbonyl (C=O) groups is 1. The maximum absolute atomic E-state index is 13.2. The summed E-state index contributed by atoms with van der Waals surface area (Å²) in [6.07, 6.45) is 0. The van der Waals surface area contributed by atoms with Crippen LogP contribution in [0.2, 0.25) is 10.0 Å². The third-order valence-electron chi connectivity index (χ3n) is 4.12. The quantitative estimate of drug-likeness (QED) is 0.562. The molecule has 0 spiro atoms. The fourth-order valence-corrected chi connectivity index (χ4v) is 4.55. The Bertz CT molecular complexity index is 1090. The van der Waals surface area contributed by atoms with Gasteiger partial charge < -0.3 is 5.32 Å². The van der Waals surface area contributed by atoms with Crippen LogP contribution < -0.4 is 5.32 Å². The van der Waals surface area contributed by atoms with Crippen LogP contribution in [0.4, 0.5) is 5.69 Å². The highest BCUT2D eigenvalue weighted by atomic mass is 35.5. The second-order valence-corrected chi connectivity index (χ2v) is 9.02. The zero-order valence-electron chi connectivity index (χ0n) is 15.3. The molecule has 0 aromatic heterocycles. The summed E-state index contributed by atoms with van der Waals surface area (Å²) in [6, 6.07) is 21.6. The second kappa shape index (κ2) is 9.41. The first kappa shape index (κ1) is 21.3. The monoisotopic (exact) mass is 448 g/mol. The van der Waals surface area contributed by atoms with E-state index in [9.17, 15) is 13.2 Å². The van der Waals surface area contributed by atoms with Crippen LogP contribution in [0.5, 0.6) is 0 Å². The van der Waals surface area contributed by atoms with Crippen molar-refractivity contribution in [2.24, 2.45) is 0 Å². The van der Waals surface area contributed by atoms with Crippen molar-refractivity contribution in [1.82, 2.24) is 4.31 Å². The van der Waals surface area contributed by atoms with Gasteiger partial charge in [-0.15, -0.1) is 0 Å². The number of halogens is 2. The number of hydrogen-bond donors (Lipinski definition) is 1. The van der Waals surface area contributed by atoms with E-state index in [4.69, 9.17) is 23.2 Å². The number of hydrogen-bond acceptors (Lipinski definition) is 3. The average molecular weight is 449 g/mol. The van der Waals surface area contributed by atoms with Crippen LogP contribution in [0.25, 0.3) is 0 Å². The molecule has 29 heavy (non-hydrogen) atoms. The van der Waals surface area contributed by atoms with E-state index in [1.807, 2.05) is 6.07 Å². The summed E-state index contributed by atoms with van der Waals surface area (Å²) in [4.78, 5) is 12.7. The fraction of sp³-hybridized carbons (Fsp3) is 0.0952. The van der Waals surface area contributed by atoms with Crippen molar-refractivity contribution in [1.29, 1.82) is 0 Å². The molecule has 0 aliphatic rings. The molecular weight excluding hydrogens is 431 g/mol. The van der Waals surface area contributed by atoms with Crippen molar-refractivity contribution in [3.05, 3.63) is 94.5 Å². The summed E-state index contributed by atoms with van der Waals surface area (Å²) in [5, 5.41) is 3.48. The highest BCUT2D eigenvalue weighted by molar-refractivity contribution is 7.89. The van der Waals surface area contributed by atoms with Crippen molar-refractivity contribution < 1.29 is 13.2 Å². The SMILES string of the molecule is O=C(CN(Cc1ccc(Cl)cc1Cl)S(=O)(=O)c1ccccc1)Nc1ccccc1. The second-order valence-electron chi connectivity index (χ2n) is 6.24. The molecule has 0 bridgehead atoms. The minimum absolute atomic E-state index is 0.0740. The van der Waals surface area contributed by atoms with Gasteiger partial charge in [-0.2, -0.15) is 4.31 Å². The van der Waals surface area contributed by atoms with Gasteiger partial charge in [0.2, 0.25) is 15.9 Å². The van der Waals surface area contributed by atoms with Crippen LogP contribution in [0, 0.1) is 0 Å². The number of amides is 1. The van der Waals surface area contributed by atoms with Crippen molar-refractivity contribution in [2.45, 2.75) is 11.4 Å². The first-order valence-corrected chi connectivity index (χ1v) is 10.9. The smallest absolute Gasteiger partial charge is 0.243 e. The molecule has 0 unspecified atom stereocenters. The molecule has 3 rings (SSSR count). The molecular formula is C21H18Cl2N2O3S. The van der Waals surface area contributed by atoms with Gasteiger partial charge in [-0.3, -0.25) is 4.79 Å². The normalized spacial score (nSPS) is 11.4. The summed E-state index contributed by atoms with van der Waals surface area (Å²) in [5.41, 5.74) is 1.13. The standard InChI is InChI=1S/C21H18Cl2N2O3S/c22-17-12-11-16(20(23)13-17)14-25(29(27,28)19-9-5-2-6-10-19)15-21(26)24-18-7-3-1-4-8-18/h1-13H,14-15H2,(H,24,26). The Balaban J connectivity index is 1.89. The Hall–Kier alpha value is -2.38. The lowest BCUT2D eigenvalue weighted by atomic mass is 10.2. The number of sulfonamides is 1. The summed E-state index contributed by atoms with van der Waals surface area (Å²) in [6.45, 7) is -0.444. The molecule has 5 nitrogen and oxygen atoms in total. The molecule has 0 aliphatic carbocycles. The number of nitrogens with zero attached hydrogens (tertiary/aromatic N) is 1. The number of nitrogens with one attached hydrogen (secondary N) is 1. The zero-order valence-corrected chi connectivity index (χ0v) is 17.6. The minimum Gasteiger partial charge on any atom is -0.325 e. The Kier molecular flexibility index (Phi) is 6.92. The van der Waals surface area contributed by atoms with Crippen molar-refractivity contribution in [3.8, 4) is 0 Å². The lowest BCUT2D eigenvalue weighted by Gasteiger charge is -2.22. The van der Waals surface area contributed by atoms with Gasteiger partial charge in [0, 0.05) is 22.3 Å². The molecule has 0 fully saturated rings. The summed E-state index contributed by atoms with van der Waals surface area (Å²) < 4.78 is 27.5. The van der Waals surface area contributed by atoms with Crippen LogP contribution in [0.15, 0.2) is 83.8 Å². The molecule has 1 amide bonds. The Morgan fingerprint density at radius 1 is 0.897 bits per heavy atom. The molecule has 3 aromatic carbocycles. The van der Waals surface area contributed by atoms with E-state index in [0.29, 0.717) is 21.3 Å². The predicted molar refractivity (Wildman–Crippen MR) is 116 cm³/mol. The highest BCUT2D eigenvalue weighted by Gasteiger charge is 2.27. The maximum Gasteiger partial charge on any atom is 0.243 e. The molecule has 0 aliphatic heterocycles. The summed E-state index contributed by atoms with van der Waals surface area (Å²) >= 11 is 12.2. The summed E-state index contributed by atoms with van der Waals surface area (Å²) in [7, 11) is -3.93. The van der Waals surface area contributed by atoms with E-state index >= 15 is 0 Å². The number of rotatable bonds is 7. The van der Waals surface area contributed by atoms with Gasteiger partial charge in [0.15, 0.2) is 0 Å². The Labute approximate surface area is 179 Å². The van der Waals surface area contributed by atoms with Crippen LogP contribution in [0.1, 0.15) is 5.56 Å². The maximum atomic E-state index is 13.2. The lowest BCUT2D eigenvalue weighted by molar-refractivity contribution is -0.116. The third kappa shape index (κ3) is 5.58. The Morgan fingerprint density at radius 3 is 2.14 bits per heavy atom. The van der Waals surface area contributed by atoms with Crippen LogP contribution in [0.3, 0.4) is 0 Å². The first-order valence-electron chi connectivity index (χ1n) is 8.70. The molecule has 0 radical (unpaired) electrons. The molecule has 0 saturated carbocycles. The van der Waals surface area contributed by atoms with Crippen LogP contribution in [-0.4, -0.2) is 25.2 Å². The zero-order chi connectivity index (χ0) is 20.9. The van der Waals surface area contributed by atoms with E-state index in [1.54, 1.807) is 54.6 Å². The molecule has 8 heteroatoms. The molecule has 0 heterocycles. The van der Waals surface area contributed by atoms with E-state index in [2.05, 4.69) is 5.32 Å². The molecule has 150 valence electrons. The van der Waals surface area contributed by atoms with Crippen LogP contribution in [-0.2, 0) is 21.4 Å². The highest BCUT2D eigenvalue weighted by Crippen LogP contribution is 2.25. The van der Waals surface area contributed by atoms with E-state index in [-0.39, 0.29) is 18.0 Å². The number of para-hydroxylation sites is 1. The van der Waals surface area contributed by atoms with E-state index < -0.39 is 15.9 Å². The molecule has 0 atom stereocenters. The van der Waals surface area contributed by atoms with E-state index in [1.165, 1.54) is 18.2 Å². The van der Waals surface area contributed by atoms with Gasteiger partial charge in [0.1, 0.15) is 0 Å². The third-order valence-corrected chi connectivity index (χ3v) is 6.51. The van der Waals surface area contributed by atoms with Gasteiger partial charge in [-0.25, -0.2) is 8.42 Å². The summed E-state index contributed by atoms with van der Waals surface area (Å²) in [5.74, 6) is -0.458. The minimum atomic E-state index is -3.93. The fourth-order valence-electron chi connectivity index (χ4n) is 2.69. The van der Waals surface area contributed by atoms with Gasteiger partial charge in [-0.05, 0) is 42.0 Å². The molecule has 1 N–H and O–H groups in total. The topological polar surface area (TPSA) is 66.5 Å². The van der Waals surface area contributed by atoms with Gasteiger partial charge in [0.05, 0.1) is 11.4 Å². The van der Waals surface area contributed by atoms with Crippen LogP contribution >= 0.6 is 23.2 Å². The lowest BCUT2D eigenvalue weighted by Crippen LogP contribution is -2.37. The number of benzene rings is 3. The van der Waals surface area contributed by atoms with Crippen molar-refractivity contribution in [3.63, 3.8) is 0 Å². The van der Waals surface area contributed by atoms with Crippen molar-refractivity contribution in [2.75, 3.05) is 11.9 Å².